The van der Waals surface area contributed by atoms with Gasteiger partial charge in [-0.15, -0.1) is 0 Å². The molecule has 19 heavy (non-hydrogen) atoms. The van der Waals surface area contributed by atoms with Gasteiger partial charge in [-0.3, -0.25) is 4.90 Å². The number of benzene rings is 2. The van der Waals surface area contributed by atoms with Crippen molar-refractivity contribution in [3.63, 3.8) is 0 Å². The molecule has 0 fully saturated rings. The number of anilines is 1. The number of hydrogen-bond acceptors (Lipinski definition) is 2. The molecule has 2 nitrogen and oxygen atoms in total. The summed E-state index contributed by atoms with van der Waals surface area (Å²) in [6.45, 7) is 7.63. The van der Waals surface area contributed by atoms with Gasteiger partial charge in [0.15, 0.2) is 0 Å². The van der Waals surface area contributed by atoms with Crippen molar-refractivity contribution in [1.82, 2.24) is 4.90 Å². The minimum atomic E-state index is 0.911. The summed E-state index contributed by atoms with van der Waals surface area (Å²) in [5.41, 5.74) is 8.35. The number of nitrogens with zero attached hydrogens (tertiary/aromatic N) is 1. The Bertz CT molecular complexity index is 534. The minimum Gasteiger partial charge on any atom is -0.398 e. The Labute approximate surface area is 116 Å². The van der Waals surface area contributed by atoms with Gasteiger partial charge in [0.25, 0.3) is 0 Å². The Hall–Kier alpha value is -1.54. The highest BCUT2D eigenvalue weighted by atomic mass is 15.1. The van der Waals surface area contributed by atoms with E-state index >= 15 is 0 Å². The van der Waals surface area contributed by atoms with Gasteiger partial charge in [0, 0.05) is 12.2 Å². The predicted molar refractivity (Wildman–Crippen MR) is 84.2 cm³/mol. The van der Waals surface area contributed by atoms with Crippen molar-refractivity contribution in [2.45, 2.75) is 33.2 Å². The van der Waals surface area contributed by atoms with E-state index < -0.39 is 0 Å². The summed E-state index contributed by atoms with van der Waals surface area (Å²) in [7, 11) is 0. The molecule has 2 rings (SSSR count). The van der Waals surface area contributed by atoms with Crippen molar-refractivity contribution in [2.24, 2.45) is 0 Å². The third kappa shape index (κ3) is 3.48. The molecule has 2 aromatic rings. The molecule has 2 aromatic carbocycles. The molecule has 0 saturated carbocycles. The lowest BCUT2D eigenvalue weighted by Gasteiger charge is -2.21. The van der Waals surface area contributed by atoms with Gasteiger partial charge in [0.05, 0.1) is 0 Å². The Kier molecular flexibility index (Phi) is 4.80. The van der Waals surface area contributed by atoms with Gasteiger partial charge in [-0.2, -0.15) is 0 Å². The summed E-state index contributed by atoms with van der Waals surface area (Å²) in [5.74, 6) is 0. The fraction of sp³-hybridized carbons (Fsp3) is 0.412. The van der Waals surface area contributed by atoms with Gasteiger partial charge >= 0.3 is 0 Å². The number of fused-ring (bicyclic) bond motifs is 1. The van der Waals surface area contributed by atoms with Crippen molar-refractivity contribution in [2.75, 3.05) is 18.8 Å². The van der Waals surface area contributed by atoms with E-state index in [0.717, 1.165) is 25.3 Å². The van der Waals surface area contributed by atoms with Crippen LogP contribution >= 0.6 is 0 Å². The average molecular weight is 256 g/mol. The highest BCUT2D eigenvalue weighted by Crippen LogP contribution is 2.23. The standard InChI is InChI=1S/C17H24N2/c1-3-5-10-19(4-2)13-16-11-14-8-6-7-9-15(14)12-17(16)18/h6-9,11-12H,3-5,10,13,18H2,1-2H3. The number of unbranched alkanes of at least 4 members (excludes halogenated alkanes) is 1. The zero-order chi connectivity index (χ0) is 13.7. The van der Waals surface area contributed by atoms with Gasteiger partial charge in [-0.05, 0) is 48.0 Å². The summed E-state index contributed by atoms with van der Waals surface area (Å²) in [6, 6.07) is 12.7. The first-order valence-corrected chi connectivity index (χ1v) is 7.24. The van der Waals surface area contributed by atoms with E-state index in [1.165, 1.54) is 29.2 Å². The number of nitrogen functional groups attached to an aromatic ring is 1. The second-order valence-corrected chi connectivity index (χ2v) is 5.12. The summed E-state index contributed by atoms with van der Waals surface area (Å²) in [5, 5.41) is 2.50. The summed E-state index contributed by atoms with van der Waals surface area (Å²) < 4.78 is 0. The third-order valence-electron chi connectivity index (χ3n) is 3.68. The van der Waals surface area contributed by atoms with Crippen LogP contribution in [0.25, 0.3) is 10.8 Å². The minimum absolute atomic E-state index is 0.911. The zero-order valence-corrected chi connectivity index (χ0v) is 12.0. The molecular weight excluding hydrogens is 232 g/mol. The maximum Gasteiger partial charge on any atom is 0.0366 e. The van der Waals surface area contributed by atoms with Crippen LogP contribution in [0.1, 0.15) is 32.3 Å². The van der Waals surface area contributed by atoms with Crippen LogP contribution in [0.5, 0.6) is 0 Å². The van der Waals surface area contributed by atoms with Crippen LogP contribution in [0.2, 0.25) is 0 Å². The number of nitrogens with two attached hydrogens (primary N) is 1. The number of hydrogen-bond donors (Lipinski definition) is 1. The lowest BCUT2D eigenvalue weighted by molar-refractivity contribution is 0.276. The van der Waals surface area contributed by atoms with Crippen molar-refractivity contribution < 1.29 is 0 Å². The maximum atomic E-state index is 6.19. The molecule has 2 heteroatoms. The molecule has 0 bridgehead atoms. The normalized spacial score (nSPS) is 11.3. The van der Waals surface area contributed by atoms with Crippen LogP contribution in [0.4, 0.5) is 5.69 Å². The molecule has 0 unspecified atom stereocenters. The first kappa shape index (κ1) is 13.9. The molecule has 0 spiro atoms. The molecule has 0 radical (unpaired) electrons. The highest BCUT2D eigenvalue weighted by molar-refractivity contribution is 5.86. The molecule has 0 aliphatic heterocycles. The van der Waals surface area contributed by atoms with Crippen molar-refractivity contribution in [3.05, 3.63) is 42.0 Å². The van der Waals surface area contributed by atoms with Crippen LogP contribution < -0.4 is 5.73 Å². The van der Waals surface area contributed by atoms with E-state index in [1.807, 2.05) is 0 Å². The molecule has 0 saturated heterocycles. The van der Waals surface area contributed by atoms with E-state index in [0.29, 0.717) is 0 Å². The van der Waals surface area contributed by atoms with E-state index in [2.05, 4.69) is 55.1 Å². The molecule has 0 atom stereocenters. The Morgan fingerprint density at radius 3 is 2.37 bits per heavy atom. The van der Waals surface area contributed by atoms with Crippen LogP contribution in [0.3, 0.4) is 0 Å². The van der Waals surface area contributed by atoms with Gasteiger partial charge in [0.1, 0.15) is 0 Å². The van der Waals surface area contributed by atoms with E-state index in [4.69, 9.17) is 5.73 Å². The topological polar surface area (TPSA) is 29.3 Å². The second-order valence-electron chi connectivity index (χ2n) is 5.12. The average Bonchev–Trinajstić information content (AvgIpc) is 2.43. The Balaban J connectivity index is 2.21. The third-order valence-corrected chi connectivity index (χ3v) is 3.68. The molecule has 0 aliphatic carbocycles. The summed E-state index contributed by atoms with van der Waals surface area (Å²) in [6.07, 6.45) is 2.49. The molecule has 102 valence electrons. The van der Waals surface area contributed by atoms with E-state index in [-0.39, 0.29) is 0 Å². The molecule has 0 amide bonds. The smallest absolute Gasteiger partial charge is 0.0366 e. The van der Waals surface area contributed by atoms with E-state index in [1.54, 1.807) is 0 Å². The van der Waals surface area contributed by atoms with Gasteiger partial charge < -0.3 is 5.73 Å². The van der Waals surface area contributed by atoms with Gasteiger partial charge in [0.2, 0.25) is 0 Å². The van der Waals surface area contributed by atoms with Crippen molar-refractivity contribution in [3.8, 4) is 0 Å². The van der Waals surface area contributed by atoms with Gasteiger partial charge in [-0.1, -0.05) is 44.5 Å². The first-order valence-electron chi connectivity index (χ1n) is 7.24. The molecule has 0 aromatic heterocycles. The lowest BCUT2D eigenvalue weighted by atomic mass is 10.0. The van der Waals surface area contributed by atoms with Crippen LogP contribution in [0.15, 0.2) is 36.4 Å². The Morgan fingerprint density at radius 2 is 1.74 bits per heavy atom. The quantitative estimate of drug-likeness (QED) is 0.790. The zero-order valence-electron chi connectivity index (χ0n) is 12.0. The summed E-state index contributed by atoms with van der Waals surface area (Å²) >= 11 is 0. The first-order chi connectivity index (χ1) is 9.24. The van der Waals surface area contributed by atoms with E-state index in [9.17, 15) is 0 Å². The van der Waals surface area contributed by atoms with Crippen LogP contribution in [-0.4, -0.2) is 18.0 Å². The predicted octanol–water partition coefficient (Wildman–Crippen LogP) is 4.04. The lowest BCUT2D eigenvalue weighted by Crippen LogP contribution is -2.24. The highest BCUT2D eigenvalue weighted by Gasteiger charge is 2.07. The molecule has 0 heterocycles. The van der Waals surface area contributed by atoms with Gasteiger partial charge in [-0.25, -0.2) is 0 Å². The fourth-order valence-electron chi connectivity index (χ4n) is 2.41. The monoisotopic (exact) mass is 256 g/mol. The van der Waals surface area contributed by atoms with Crippen LogP contribution in [0, 0.1) is 0 Å². The molecular formula is C17H24N2. The maximum absolute atomic E-state index is 6.19. The number of rotatable bonds is 6. The van der Waals surface area contributed by atoms with Crippen LogP contribution in [-0.2, 0) is 6.54 Å². The largest absolute Gasteiger partial charge is 0.398 e. The fourth-order valence-corrected chi connectivity index (χ4v) is 2.41. The Morgan fingerprint density at radius 1 is 1.05 bits per heavy atom. The second kappa shape index (κ2) is 6.58. The molecule has 0 aliphatic rings. The SMILES string of the molecule is CCCCN(CC)Cc1cc2ccccc2cc1N. The van der Waals surface area contributed by atoms with Crippen molar-refractivity contribution >= 4 is 16.5 Å². The summed E-state index contributed by atoms with van der Waals surface area (Å²) in [4.78, 5) is 2.46. The van der Waals surface area contributed by atoms with Crippen molar-refractivity contribution in [1.29, 1.82) is 0 Å². The molecule has 2 N–H and O–H groups in total.